The van der Waals surface area contributed by atoms with Crippen molar-refractivity contribution in [3.8, 4) is 41.2 Å². The first kappa shape index (κ1) is 32.4. The SMILES string of the molecule is C#Cc1c(F)ccc2cc(O)cc(-c3nc(OC)c4c(N5CC6CCC(C5)N6)nc(OCC5(CN6CCC7(F)C(C6)C7(F)F)CC5)nc4c3F)c12. The molecule has 2 bridgehead atoms. The number of rotatable bonds is 8. The minimum absolute atomic E-state index is 0.0109. The Hall–Kier alpha value is -4.48. The Balaban J connectivity index is 1.12. The number of alkyl halides is 3. The molecule has 0 spiro atoms. The summed E-state index contributed by atoms with van der Waals surface area (Å²) in [6, 6.07) is 5.63. The van der Waals surface area contributed by atoms with Crippen LogP contribution in [0.25, 0.3) is 32.9 Å². The van der Waals surface area contributed by atoms with Gasteiger partial charge < -0.3 is 29.7 Å². The third-order valence-electron chi connectivity index (χ3n) is 11.6. The van der Waals surface area contributed by atoms with Crippen LogP contribution in [0.15, 0.2) is 24.3 Å². The Morgan fingerprint density at radius 1 is 1.02 bits per heavy atom. The molecule has 9 nitrogen and oxygen atoms in total. The van der Waals surface area contributed by atoms with E-state index >= 15 is 4.39 Å². The van der Waals surface area contributed by atoms with E-state index in [1.165, 1.54) is 31.4 Å². The molecule has 266 valence electrons. The maximum Gasteiger partial charge on any atom is 0.319 e. The first-order valence-corrected chi connectivity index (χ1v) is 17.2. The lowest BCUT2D eigenvalue weighted by Gasteiger charge is -2.34. The number of pyridine rings is 1. The quantitative estimate of drug-likeness (QED) is 0.180. The van der Waals surface area contributed by atoms with Gasteiger partial charge in [0.15, 0.2) is 11.5 Å². The number of hydrogen-bond donors (Lipinski definition) is 2. The molecular weight excluding hydrogens is 671 g/mol. The highest BCUT2D eigenvalue weighted by molar-refractivity contribution is 6.04. The molecule has 2 saturated carbocycles. The molecule has 4 unspecified atom stereocenters. The van der Waals surface area contributed by atoms with Gasteiger partial charge in [0.1, 0.15) is 34.0 Å². The minimum Gasteiger partial charge on any atom is -0.508 e. The number of piperidine rings is 1. The lowest BCUT2D eigenvalue weighted by molar-refractivity contribution is 0.0376. The van der Waals surface area contributed by atoms with Gasteiger partial charge in [-0.05, 0) is 49.3 Å². The number of aromatic nitrogens is 3. The molecule has 0 radical (unpaired) electrons. The molecule has 3 saturated heterocycles. The average molecular weight is 707 g/mol. The zero-order chi connectivity index (χ0) is 35.4. The predicted molar refractivity (Wildman–Crippen MR) is 179 cm³/mol. The second-order valence-corrected chi connectivity index (χ2v) is 14.8. The third-order valence-corrected chi connectivity index (χ3v) is 11.6. The number of terminal acetylenes is 1. The number of halogens is 5. The maximum absolute atomic E-state index is 17.1. The molecule has 4 aromatic rings. The van der Waals surface area contributed by atoms with Gasteiger partial charge in [0.25, 0.3) is 5.92 Å². The van der Waals surface area contributed by atoms with E-state index in [-0.39, 0.29) is 94.4 Å². The van der Waals surface area contributed by atoms with Gasteiger partial charge in [0.2, 0.25) is 5.88 Å². The number of hydrogen-bond acceptors (Lipinski definition) is 9. The van der Waals surface area contributed by atoms with Gasteiger partial charge in [-0.15, -0.1) is 6.42 Å². The van der Waals surface area contributed by atoms with E-state index in [4.69, 9.17) is 20.9 Å². The van der Waals surface area contributed by atoms with Crippen LogP contribution in [0, 0.1) is 35.3 Å². The number of piperazine rings is 1. The van der Waals surface area contributed by atoms with E-state index in [1.54, 1.807) is 0 Å². The molecule has 51 heavy (non-hydrogen) atoms. The molecule has 2 aromatic heterocycles. The van der Waals surface area contributed by atoms with E-state index < -0.39 is 29.1 Å². The Morgan fingerprint density at radius 3 is 2.47 bits per heavy atom. The zero-order valence-corrected chi connectivity index (χ0v) is 27.8. The number of aromatic hydroxyl groups is 1. The van der Waals surface area contributed by atoms with Crippen LogP contribution in [0.3, 0.4) is 0 Å². The second kappa shape index (κ2) is 11.3. The summed E-state index contributed by atoms with van der Waals surface area (Å²) in [5.74, 6) is -3.57. The molecule has 2 aromatic carbocycles. The predicted octanol–water partition coefficient (Wildman–Crippen LogP) is 5.60. The summed E-state index contributed by atoms with van der Waals surface area (Å²) in [5.41, 5.74) is -3.22. The van der Waals surface area contributed by atoms with Crippen molar-refractivity contribution in [3.63, 3.8) is 0 Å². The molecule has 0 amide bonds. The molecular formula is C37H35F5N6O3. The molecule has 9 rings (SSSR count). The molecule has 5 heterocycles. The Labute approximate surface area is 290 Å². The summed E-state index contributed by atoms with van der Waals surface area (Å²) < 4.78 is 86.7. The standard InChI is InChI=1S/C37H35F5N6O3/c1-3-23-25(38)7-4-19-12-22(49)13-24(27(19)23)30-29(39)31-28(33(44-30)50-2)32(48-14-20-5-6-21(15-48)43-20)46-34(45-31)51-18-35(8-9-35)17-47-11-10-36(40)26(16-47)37(36,41)42/h1,4,7,12-13,20-21,26,43,49H,5-6,8-11,14-18H2,2H3. The van der Waals surface area contributed by atoms with E-state index in [0.29, 0.717) is 30.8 Å². The van der Waals surface area contributed by atoms with Crippen molar-refractivity contribution in [3.05, 3.63) is 41.5 Å². The summed E-state index contributed by atoms with van der Waals surface area (Å²) in [6.07, 6.45) is 9.02. The smallest absolute Gasteiger partial charge is 0.319 e. The third kappa shape index (κ3) is 5.06. The lowest BCUT2D eigenvalue weighted by atomic mass is 9.95. The van der Waals surface area contributed by atoms with Crippen LogP contribution in [-0.2, 0) is 0 Å². The largest absolute Gasteiger partial charge is 0.508 e. The number of methoxy groups -OCH3 is 1. The molecule has 3 aliphatic heterocycles. The summed E-state index contributed by atoms with van der Waals surface area (Å²) in [7, 11) is 1.40. The fourth-order valence-corrected chi connectivity index (χ4v) is 8.57. The molecule has 2 aliphatic carbocycles. The van der Waals surface area contributed by atoms with Crippen LogP contribution in [0.5, 0.6) is 17.6 Å². The molecule has 4 atom stereocenters. The first-order valence-electron chi connectivity index (χ1n) is 17.2. The number of ether oxygens (including phenoxy) is 2. The van der Waals surface area contributed by atoms with Gasteiger partial charge in [0.05, 0.1) is 25.2 Å². The van der Waals surface area contributed by atoms with Crippen LogP contribution in [-0.4, -0.2) is 95.1 Å². The number of phenols is 1. The Morgan fingerprint density at radius 2 is 1.78 bits per heavy atom. The first-order chi connectivity index (χ1) is 24.4. The van der Waals surface area contributed by atoms with E-state index in [2.05, 4.69) is 21.2 Å². The van der Waals surface area contributed by atoms with Crippen molar-refractivity contribution >= 4 is 27.5 Å². The fourth-order valence-electron chi connectivity index (χ4n) is 8.57. The molecule has 5 aliphatic rings. The number of fused-ring (bicyclic) bond motifs is 5. The van der Waals surface area contributed by atoms with E-state index in [0.717, 1.165) is 25.7 Å². The number of nitrogens with one attached hydrogen (secondary N) is 1. The maximum atomic E-state index is 17.1. The summed E-state index contributed by atoms with van der Waals surface area (Å²) in [5, 5.41) is 15.0. The van der Waals surface area contributed by atoms with Crippen molar-refractivity contribution < 1.29 is 36.5 Å². The van der Waals surface area contributed by atoms with Crippen LogP contribution >= 0.6 is 0 Å². The highest BCUT2D eigenvalue weighted by Gasteiger charge is 2.83. The monoisotopic (exact) mass is 706 g/mol. The minimum atomic E-state index is -3.28. The number of likely N-dealkylation sites (tertiary alicyclic amines) is 1. The highest BCUT2D eigenvalue weighted by atomic mass is 19.3. The van der Waals surface area contributed by atoms with Crippen molar-refractivity contribution in [2.75, 3.05) is 51.3 Å². The normalized spacial score (nSPS) is 27.3. The number of benzene rings is 2. The van der Waals surface area contributed by atoms with Crippen molar-refractivity contribution in [1.29, 1.82) is 0 Å². The van der Waals surface area contributed by atoms with E-state index in [1.807, 2.05) is 9.80 Å². The second-order valence-electron chi connectivity index (χ2n) is 14.8. The lowest BCUT2D eigenvalue weighted by Crippen LogP contribution is -2.51. The van der Waals surface area contributed by atoms with Gasteiger partial charge >= 0.3 is 6.01 Å². The Kier molecular flexibility index (Phi) is 7.16. The van der Waals surface area contributed by atoms with Gasteiger partial charge in [-0.3, -0.25) is 0 Å². The Bertz CT molecular complexity index is 2150. The topological polar surface area (TPSA) is 95.9 Å². The average Bonchev–Trinajstić information content (AvgIpc) is 3.93. The van der Waals surface area contributed by atoms with Gasteiger partial charge in [-0.25, -0.2) is 26.9 Å². The summed E-state index contributed by atoms with van der Waals surface area (Å²) in [4.78, 5) is 17.9. The number of nitrogens with zero attached hydrogens (tertiary/aromatic N) is 5. The summed E-state index contributed by atoms with van der Waals surface area (Å²) in [6.45, 7) is 2.04. The van der Waals surface area contributed by atoms with Gasteiger partial charge in [-0.2, -0.15) is 9.97 Å². The fraction of sp³-hybridized carbons (Fsp3) is 0.486. The number of phenolic OH excluding ortho intramolecular Hbond substituents is 1. The zero-order valence-electron chi connectivity index (χ0n) is 27.8. The molecule has 5 fully saturated rings. The van der Waals surface area contributed by atoms with Crippen LogP contribution in [0.4, 0.5) is 27.8 Å². The van der Waals surface area contributed by atoms with Crippen molar-refractivity contribution in [2.45, 2.75) is 55.8 Å². The van der Waals surface area contributed by atoms with Gasteiger partial charge in [-0.1, -0.05) is 12.0 Å². The van der Waals surface area contributed by atoms with Gasteiger partial charge in [0, 0.05) is 67.6 Å². The number of anilines is 1. The molecule has 2 N–H and O–H groups in total. The van der Waals surface area contributed by atoms with Crippen LogP contribution in [0.2, 0.25) is 0 Å². The van der Waals surface area contributed by atoms with Crippen LogP contribution < -0.4 is 19.7 Å². The molecule has 14 heteroatoms. The van der Waals surface area contributed by atoms with E-state index in [9.17, 15) is 22.7 Å². The van der Waals surface area contributed by atoms with Crippen LogP contribution in [0.1, 0.15) is 37.7 Å². The van der Waals surface area contributed by atoms with Crippen molar-refractivity contribution in [2.24, 2.45) is 11.3 Å². The van der Waals surface area contributed by atoms with Crippen molar-refractivity contribution in [1.82, 2.24) is 25.2 Å². The highest BCUT2D eigenvalue weighted by Crippen LogP contribution is 2.65. The summed E-state index contributed by atoms with van der Waals surface area (Å²) >= 11 is 0.